The monoisotopic (exact) mass is 367 g/mol. The second kappa shape index (κ2) is 6.79. The predicted octanol–water partition coefficient (Wildman–Crippen LogP) is 4.38. The fourth-order valence-electron chi connectivity index (χ4n) is 2.20. The van der Waals surface area contributed by atoms with E-state index in [4.69, 9.17) is 34.8 Å². The molecule has 0 unspecified atom stereocenters. The Kier molecular flexibility index (Phi) is 4.76. The summed E-state index contributed by atoms with van der Waals surface area (Å²) in [7, 11) is 0. The number of carbonyl (C=O) groups is 1. The van der Waals surface area contributed by atoms with E-state index in [1.807, 2.05) is 6.07 Å². The number of hydrogen-bond acceptors (Lipinski definition) is 2. The third-order valence-corrected chi connectivity index (χ3v) is 4.13. The number of fused-ring (bicyclic) bond motifs is 1. The number of H-pyrrole nitrogens is 1. The molecule has 0 saturated carbocycles. The summed E-state index contributed by atoms with van der Waals surface area (Å²) >= 11 is 17.8. The molecule has 0 spiro atoms. The summed E-state index contributed by atoms with van der Waals surface area (Å²) in [5.41, 5.74) is 2.37. The van der Waals surface area contributed by atoms with E-state index in [1.165, 1.54) is 0 Å². The van der Waals surface area contributed by atoms with Crippen LogP contribution >= 0.6 is 34.8 Å². The largest absolute Gasteiger partial charge is 0.349 e. The van der Waals surface area contributed by atoms with Gasteiger partial charge in [0.15, 0.2) is 0 Å². The van der Waals surface area contributed by atoms with E-state index in [0.717, 1.165) is 16.6 Å². The summed E-state index contributed by atoms with van der Waals surface area (Å²) in [6.07, 6.45) is 0.183. The zero-order valence-electron chi connectivity index (χ0n) is 11.9. The van der Waals surface area contributed by atoms with Crippen LogP contribution in [0.4, 0.5) is 0 Å². The standard InChI is InChI=1S/C16H12Cl3N3O/c17-10-2-1-9(12(19)6-10)5-16(23)20-8-15-21-13-4-3-11(18)7-14(13)22-15/h1-4,6-7H,5,8H2,(H,20,23)(H,21,22). The van der Waals surface area contributed by atoms with E-state index in [0.29, 0.717) is 27.4 Å². The number of amides is 1. The Labute approximate surface area is 147 Å². The molecule has 0 aliphatic rings. The van der Waals surface area contributed by atoms with Gasteiger partial charge in [-0.25, -0.2) is 4.98 Å². The summed E-state index contributed by atoms with van der Waals surface area (Å²) in [4.78, 5) is 19.5. The number of benzene rings is 2. The zero-order valence-corrected chi connectivity index (χ0v) is 14.1. The Morgan fingerprint density at radius 1 is 1.09 bits per heavy atom. The number of halogens is 3. The minimum absolute atomic E-state index is 0.146. The SMILES string of the molecule is O=C(Cc1ccc(Cl)cc1Cl)NCc1nc2ccc(Cl)cc2[nH]1. The molecule has 23 heavy (non-hydrogen) atoms. The number of aromatic nitrogens is 2. The van der Waals surface area contributed by atoms with Gasteiger partial charge in [0.1, 0.15) is 5.82 Å². The fourth-order valence-corrected chi connectivity index (χ4v) is 2.85. The maximum absolute atomic E-state index is 12.0. The van der Waals surface area contributed by atoms with E-state index in [2.05, 4.69) is 15.3 Å². The van der Waals surface area contributed by atoms with E-state index in [-0.39, 0.29) is 12.3 Å². The van der Waals surface area contributed by atoms with Crippen LogP contribution in [0, 0.1) is 0 Å². The maximum Gasteiger partial charge on any atom is 0.224 e. The first-order valence-corrected chi connectivity index (χ1v) is 7.99. The molecule has 1 heterocycles. The maximum atomic E-state index is 12.0. The fraction of sp³-hybridized carbons (Fsp3) is 0.125. The Morgan fingerprint density at radius 3 is 2.61 bits per heavy atom. The van der Waals surface area contributed by atoms with E-state index in [1.54, 1.807) is 30.3 Å². The van der Waals surface area contributed by atoms with Gasteiger partial charge in [0.25, 0.3) is 0 Å². The third kappa shape index (κ3) is 3.96. The van der Waals surface area contributed by atoms with Crippen molar-refractivity contribution in [1.82, 2.24) is 15.3 Å². The van der Waals surface area contributed by atoms with Crippen molar-refractivity contribution < 1.29 is 4.79 Å². The third-order valence-electron chi connectivity index (χ3n) is 3.31. The van der Waals surface area contributed by atoms with Gasteiger partial charge >= 0.3 is 0 Å². The minimum Gasteiger partial charge on any atom is -0.349 e. The molecule has 0 radical (unpaired) electrons. The van der Waals surface area contributed by atoms with Crippen LogP contribution in [0.3, 0.4) is 0 Å². The van der Waals surface area contributed by atoms with Crippen LogP contribution in [-0.2, 0) is 17.8 Å². The molecule has 0 atom stereocenters. The second-order valence-electron chi connectivity index (χ2n) is 5.03. The molecule has 7 heteroatoms. The molecular weight excluding hydrogens is 357 g/mol. The Morgan fingerprint density at radius 2 is 1.83 bits per heavy atom. The van der Waals surface area contributed by atoms with Crippen LogP contribution < -0.4 is 5.32 Å². The summed E-state index contributed by atoms with van der Waals surface area (Å²) in [5, 5.41) is 4.46. The predicted molar refractivity (Wildman–Crippen MR) is 93.1 cm³/mol. The number of nitrogens with zero attached hydrogens (tertiary/aromatic N) is 1. The van der Waals surface area contributed by atoms with Gasteiger partial charge in [-0.2, -0.15) is 0 Å². The molecule has 4 nitrogen and oxygen atoms in total. The highest BCUT2D eigenvalue weighted by Crippen LogP contribution is 2.21. The lowest BCUT2D eigenvalue weighted by molar-refractivity contribution is -0.120. The highest BCUT2D eigenvalue weighted by molar-refractivity contribution is 6.35. The van der Waals surface area contributed by atoms with Crippen molar-refractivity contribution in [3.05, 3.63) is 62.9 Å². The Bertz CT molecular complexity index is 876. The molecule has 0 saturated heterocycles. The van der Waals surface area contributed by atoms with E-state index >= 15 is 0 Å². The van der Waals surface area contributed by atoms with Crippen LogP contribution in [0.15, 0.2) is 36.4 Å². The Balaban J connectivity index is 1.63. The van der Waals surface area contributed by atoms with Gasteiger partial charge in [-0.3, -0.25) is 4.79 Å². The lowest BCUT2D eigenvalue weighted by atomic mass is 10.1. The molecule has 2 aromatic carbocycles. The molecule has 1 aromatic heterocycles. The van der Waals surface area contributed by atoms with Crippen LogP contribution in [0.25, 0.3) is 11.0 Å². The number of carbonyl (C=O) groups excluding carboxylic acids is 1. The van der Waals surface area contributed by atoms with Gasteiger partial charge in [0.2, 0.25) is 5.91 Å². The molecule has 1 amide bonds. The van der Waals surface area contributed by atoms with Gasteiger partial charge in [0, 0.05) is 15.1 Å². The topological polar surface area (TPSA) is 57.8 Å². The highest BCUT2D eigenvalue weighted by Gasteiger charge is 2.09. The van der Waals surface area contributed by atoms with Crippen LogP contribution in [0.1, 0.15) is 11.4 Å². The molecular formula is C16H12Cl3N3O. The van der Waals surface area contributed by atoms with Crippen molar-refractivity contribution in [3.63, 3.8) is 0 Å². The van der Waals surface area contributed by atoms with Gasteiger partial charge in [-0.05, 0) is 35.9 Å². The average Bonchev–Trinajstić information content (AvgIpc) is 2.90. The average molecular weight is 369 g/mol. The van der Waals surface area contributed by atoms with Crippen molar-refractivity contribution >= 4 is 51.7 Å². The lowest BCUT2D eigenvalue weighted by Gasteiger charge is -2.05. The normalized spacial score (nSPS) is 10.9. The van der Waals surface area contributed by atoms with E-state index in [9.17, 15) is 4.79 Å². The van der Waals surface area contributed by atoms with Gasteiger partial charge in [-0.15, -0.1) is 0 Å². The first kappa shape index (κ1) is 16.1. The number of rotatable bonds is 4. The van der Waals surface area contributed by atoms with Crippen molar-refractivity contribution in [1.29, 1.82) is 0 Å². The van der Waals surface area contributed by atoms with E-state index < -0.39 is 0 Å². The molecule has 0 fully saturated rings. The zero-order chi connectivity index (χ0) is 16.4. The van der Waals surface area contributed by atoms with Crippen LogP contribution in [0.5, 0.6) is 0 Å². The van der Waals surface area contributed by atoms with Crippen molar-refractivity contribution in [2.24, 2.45) is 0 Å². The minimum atomic E-state index is -0.146. The van der Waals surface area contributed by atoms with Crippen LogP contribution in [0.2, 0.25) is 15.1 Å². The van der Waals surface area contributed by atoms with Gasteiger partial charge in [-0.1, -0.05) is 40.9 Å². The van der Waals surface area contributed by atoms with Crippen molar-refractivity contribution in [2.45, 2.75) is 13.0 Å². The summed E-state index contributed by atoms with van der Waals surface area (Å²) < 4.78 is 0. The molecule has 3 aromatic rings. The molecule has 118 valence electrons. The first-order valence-electron chi connectivity index (χ1n) is 6.86. The lowest BCUT2D eigenvalue weighted by Crippen LogP contribution is -2.25. The summed E-state index contributed by atoms with van der Waals surface area (Å²) in [6, 6.07) is 10.5. The van der Waals surface area contributed by atoms with Crippen molar-refractivity contribution in [3.8, 4) is 0 Å². The smallest absolute Gasteiger partial charge is 0.224 e. The number of nitrogens with one attached hydrogen (secondary N) is 2. The Hall–Kier alpha value is -1.75. The van der Waals surface area contributed by atoms with Gasteiger partial charge < -0.3 is 10.3 Å². The van der Waals surface area contributed by atoms with Gasteiger partial charge in [0.05, 0.1) is 24.0 Å². The summed E-state index contributed by atoms with van der Waals surface area (Å²) in [6.45, 7) is 0.302. The number of aromatic amines is 1. The molecule has 3 rings (SSSR count). The highest BCUT2D eigenvalue weighted by atomic mass is 35.5. The van der Waals surface area contributed by atoms with Crippen LogP contribution in [-0.4, -0.2) is 15.9 Å². The van der Waals surface area contributed by atoms with Crippen molar-refractivity contribution in [2.75, 3.05) is 0 Å². The first-order chi connectivity index (χ1) is 11.0. The molecule has 0 aliphatic heterocycles. The second-order valence-corrected chi connectivity index (χ2v) is 6.31. The number of hydrogen-bond donors (Lipinski definition) is 2. The quantitative estimate of drug-likeness (QED) is 0.718. The molecule has 2 N–H and O–H groups in total. The summed E-state index contributed by atoms with van der Waals surface area (Å²) in [5.74, 6) is 0.519. The molecule has 0 aliphatic carbocycles. The molecule has 0 bridgehead atoms. The number of imidazole rings is 1.